The molecule has 0 radical (unpaired) electrons. The second-order valence-corrected chi connectivity index (χ2v) is 11.3. The number of carbonyl (C=O) groups is 3. The molecule has 4 aromatic rings. The molecule has 1 atom stereocenters. The van der Waals surface area contributed by atoms with E-state index in [2.05, 4.69) is 32.3 Å². The minimum Gasteiger partial charge on any atom is -0.322 e. The van der Waals surface area contributed by atoms with Crippen LogP contribution in [0.3, 0.4) is 0 Å². The van der Waals surface area contributed by atoms with Crippen LogP contribution in [-0.2, 0) is 22.7 Å². The number of nitrogens with zero attached hydrogens (tertiary/aromatic N) is 5. The van der Waals surface area contributed by atoms with Crippen LogP contribution in [0.1, 0.15) is 58.6 Å². The quantitative estimate of drug-likeness (QED) is 0.372. The molecule has 5 heterocycles. The third-order valence-corrected chi connectivity index (χ3v) is 8.78. The van der Waals surface area contributed by atoms with Crippen LogP contribution < -0.4 is 10.9 Å². The van der Waals surface area contributed by atoms with Gasteiger partial charge in [-0.05, 0) is 85.3 Å². The van der Waals surface area contributed by atoms with Gasteiger partial charge in [0.2, 0.25) is 11.8 Å². The lowest BCUT2D eigenvalue weighted by Crippen LogP contribution is -2.52. The molecular weight excluding hydrogens is 532 g/mol. The van der Waals surface area contributed by atoms with Gasteiger partial charge in [-0.3, -0.25) is 38.9 Å². The molecular formula is C32H30N6O4. The van der Waals surface area contributed by atoms with Crippen LogP contribution in [-0.4, -0.2) is 61.2 Å². The fraction of sp³-hybridized carbons (Fsp3) is 0.312. The van der Waals surface area contributed by atoms with Gasteiger partial charge in [0.1, 0.15) is 12.4 Å². The lowest BCUT2D eigenvalue weighted by Gasteiger charge is -2.32. The van der Waals surface area contributed by atoms with E-state index in [1.807, 2.05) is 24.3 Å². The molecule has 42 heavy (non-hydrogen) atoms. The normalized spacial score (nSPS) is 19.8. The summed E-state index contributed by atoms with van der Waals surface area (Å²) < 4.78 is 1.55. The lowest BCUT2D eigenvalue weighted by atomic mass is 9.87. The van der Waals surface area contributed by atoms with Crippen LogP contribution in [0.15, 0.2) is 72.0 Å². The topological polar surface area (TPSA) is 118 Å². The van der Waals surface area contributed by atoms with Crippen molar-refractivity contribution in [1.82, 2.24) is 29.7 Å². The molecule has 2 aromatic heterocycles. The lowest BCUT2D eigenvalue weighted by molar-refractivity contribution is -0.136. The molecule has 10 nitrogen and oxygen atoms in total. The van der Waals surface area contributed by atoms with E-state index in [9.17, 15) is 19.2 Å². The van der Waals surface area contributed by atoms with Crippen molar-refractivity contribution in [3.63, 3.8) is 0 Å². The highest BCUT2D eigenvalue weighted by Crippen LogP contribution is 2.34. The van der Waals surface area contributed by atoms with Crippen LogP contribution in [0.25, 0.3) is 16.6 Å². The van der Waals surface area contributed by atoms with Gasteiger partial charge in [-0.25, -0.2) is 4.98 Å². The Balaban J connectivity index is 1.01. The van der Waals surface area contributed by atoms with E-state index < -0.39 is 6.04 Å². The number of fused-ring (bicyclic) bond motifs is 2. The molecule has 0 saturated carbocycles. The van der Waals surface area contributed by atoms with E-state index in [0.29, 0.717) is 35.3 Å². The second-order valence-electron chi connectivity index (χ2n) is 11.3. The third-order valence-electron chi connectivity index (χ3n) is 8.78. The number of rotatable bonds is 5. The van der Waals surface area contributed by atoms with Crippen LogP contribution in [0.4, 0.5) is 0 Å². The van der Waals surface area contributed by atoms with Crippen LogP contribution in [0, 0.1) is 0 Å². The Bertz CT molecular complexity index is 1780. The van der Waals surface area contributed by atoms with Crippen molar-refractivity contribution >= 4 is 28.6 Å². The van der Waals surface area contributed by atoms with Crippen molar-refractivity contribution in [2.24, 2.45) is 0 Å². The SMILES string of the molecule is O=C1CCC(N2Cc3cc(C4CCN(Cc5ccc6ncn(-c7ccncc7)c(=O)c6c5)CC4)ccc3C2=O)C(=O)N1. The Morgan fingerprint density at radius 1 is 0.905 bits per heavy atom. The van der Waals surface area contributed by atoms with E-state index in [-0.39, 0.29) is 29.7 Å². The molecule has 3 aliphatic heterocycles. The molecule has 1 unspecified atom stereocenters. The Morgan fingerprint density at radius 2 is 1.71 bits per heavy atom. The Morgan fingerprint density at radius 3 is 2.50 bits per heavy atom. The Kier molecular flexibility index (Phi) is 6.62. The zero-order valence-corrected chi connectivity index (χ0v) is 23.0. The van der Waals surface area contributed by atoms with Gasteiger partial charge in [-0.2, -0.15) is 0 Å². The Hall–Kier alpha value is -4.70. The van der Waals surface area contributed by atoms with Gasteiger partial charge in [0.25, 0.3) is 11.5 Å². The standard InChI is InChI=1S/C32H30N6O4/c39-29-6-5-28(30(40)35-29)37-18-23-16-22(2-3-25(23)31(37)41)21-9-13-36(14-10-21)17-20-1-4-27-26(15-20)32(42)38(19-34-27)24-7-11-33-12-8-24/h1-4,7-8,11-12,15-16,19,21,28H,5-6,9-10,13-14,17-18H2,(H,35,39,40). The first-order chi connectivity index (χ1) is 20.4. The average Bonchev–Trinajstić information content (AvgIpc) is 3.33. The number of nitrogens with one attached hydrogen (secondary N) is 1. The average molecular weight is 563 g/mol. The zero-order chi connectivity index (χ0) is 28.8. The highest BCUT2D eigenvalue weighted by Gasteiger charge is 2.39. The summed E-state index contributed by atoms with van der Waals surface area (Å²) in [5, 5.41) is 2.96. The van der Waals surface area contributed by atoms with Gasteiger partial charge in [0, 0.05) is 37.5 Å². The summed E-state index contributed by atoms with van der Waals surface area (Å²) in [5.74, 6) is -0.420. The molecule has 0 bridgehead atoms. The predicted molar refractivity (Wildman–Crippen MR) is 155 cm³/mol. The molecule has 2 aromatic carbocycles. The fourth-order valence-electron chi connectivity index (χ4n) is 6.49. The summed E-state index contributed by atoms with van der Waals surface area (Å²) >= 11 is 0. The summed E-state index contributed by atoms with van der Waals surface area (Å²) in [7, 11) is 0. The first-order valence-electron chi connectivity index (χ1n) is 14.3. The number of carbonyl (C=O) groups excluding carboxylic acids is 3. The molecule has 10 heteroatoms. The molecule has 2 fully saturated rings. The van der Waals surface area contributed by atoms with Gasteiger partial charge in [0.05, 0.1) is 16.6 Å². The van der Waals surface area contributed by atoms with Crippen LogP contribution >= 0.6 is 0 Å². The summed E-state index contributed by atoms with van der Waals surface area (Å²) in [4.78, 5) is 62.7. The molecule has 212 valence electrons. The fourth-order valence-corrected chi connectivity index (χ4v) is 6.49. The number of benzene rings is 2. The van der Waals surface area contributed by atoms with E-state index in [1.54, 1.807) is 40.3 Å². The third kappa shape index (κ3) is 4.77. The highest BCUT2D eigenvalue weighted by atomic mass is 16.2. The van der Waals surface area contributed by atoms with Crippen LogP contribution in [0.5, 0.6) is 0 Å². The molecule has 0 aliphatic carbocycles. The van der Waals surface area contributed by atoms with Crippen molar-refractivity contribution in [2.45, 2.75) is 50.7 Å². The molecule has 2 saturated heterocycles. The van der Waals surface area contributed by atoms with Gasteiger partial charge in [-0.15, -0.1) is 0 Å². The van der Waals surface area contributed by atoms with E-state index in [1.165, 1.54) is 5.56 Å². The minimum atomic E-state index is -0.598. The highest BCUT2D eigenvalue weighted by molar-refractivity contribution is 6.05. The first-order valence-corrected chi connectivity index (χ1v) is 14.3. The summed E-state index contributed by atoms with van der Waals surface area (Å²) in [6.45, 7) is 3.00. The molecule has 7 rings (SSSR count). The summed E-state index contributed by atoms with van der Waals surface area (Å²) in [6, 6.07) is 15.0. The number of aromatic nitrogens is 3. The minimum absolute atomic E-state index is 0.0991. The number of likely N-dealkylation sites (tertiary alicyclic amines) is 1. The number of piperidine rings is 2. The van der Waals surface area contributed by atoms with Crippen LogP contribution in [0.2, 0.25) is 0 Å². The van der Waals surface area contributed by atoms with Crippen molar-refractivity contribution < 1.29 is 14.4 Å². The van der Waals surface area contributed by atoms with Gasteiger partial charge in [-0.1, -0.05) is 18.2 Å². The maximum Gasteiger partial charge on any atom is 0.265 e. The Labute approximate surface area is 242 Å². The van der Waals surface area contributed by atoms with Crippen molar-refractivity contribution in [1.29, 1.82) is 0 Å². The number of amides is 3. The molecule has 3 amide bonds. The number of imide groups is 1. The van der Waals surface area contributed by atoms with Crippen molar-refractivity contribution in [3.8, 4) is 5.69 Å². The number of hydrogen-bond acceptors (Lipinski definition) is 7. The number of hydrogen-bond donors (Lipinski definition) is 1. The van der Waals surface area contributed by atoms with Gasteiger partial charge >= 0.3 is 0 Å². The largest absolute Gasteiger partial charge is 0.322 e. The van der Waals surface area contributed by atoms with E-state index in [4.69, 9.17) is 0 Å². The summed E-state index contributed by atoms with van der Waals surface area (Å²) in [5.41, 5.74) is 5.21. The molecule has 0 spiro atoms. The first kappa shape index (κ1) is 26.2. The predicted octanol–water partition coefficient (Wildman–Crippen LogP) is 2.92. The van der Waals surface area contributed by atoms with Gasteiger partial charge in [0.15, 0.2) is 0 Å². The maximum absolute atomic E-state index is 13.2. The number of pyridine rings is 1. The van der Waals surface area contributed by atoms with E-state index in [0.717, 1.165) is 49.3 Å². The zero-order valence-electron chi connectivity index (χ0n) is 23.0. The maximum atomic E-state index is 13.2. The van der Waals surface area contributed by atoms with Crippen molar-refractivity contribution in [2.75, 3.05) is 13.1 Å². The monoisotopic (exact) mass is 562 g/mol. The smallest absolute Gasteiger partial charge is 0.265 e. The van der Waals surface area contributed by atoms with E-state index >= 15 is 0 Å². The van der Waals surface area contributed by atoms with Gasteiger partial charge < -0.3 is 4.90 Å². The van der Waals surface area contributed by atoms with Crippen molar-refractivity contribution in [3.05, 3.63) is 99.9 Å². The summed E-state index contributed by atoms with van der Waals surface area (Å²) in [6.07, 6.45) is 7.48. The molecule has 3 aliphatic rings. The molecule has 1 N–H and O–H groups in total. The second kappa shape index (κ2) is 10.6.